The number of phenols is 1. The molecule has 2 N–H and O–H groups in total. The van der Waals surface area contributed by atoms with Gasteiger partial charge in [0.2, 0.25) is 0 Å². The van der Waals surface area contributed by atoms with Crippen LogP contribution in [0.1, 0.15) is 27.7 Å². The molecule has 0 saturated heterocycles. The number of phenolic OH excluding ortho intramolecular Hbond substituents is 1. The molecule has 0 saturated carbocycles. The van der Waals surface area contributed by atoms with E-state index in [-0.39, 0.29) is 22.4 Å². The van der Waals surface area contributed by atoms with Crippen molar-refractivity contribution in [3.8, 4) is 5.75 Å². The lowest BCUT2D eigenvalue weighted by molar-refractivity contribution is 0.0938. The molecule has 0 fully saturated rings. The second kappa shape index (κ2) is 7.52. The molecular weight excluding hydrogens is 402 g/mol. The molecule has 0 aliphatic carbocycles. The van der Waals surface area contributed by atoms with E-state index in [1.807, 2.05) is 0 Å². The zero-order valence-electron chi connectivity index (χ0n) is 14.7. The molecule has 2 heterocycles. The van der Waals surface area contributed by atoms with Crippen molar-refractivity contribution in [2.45, 2.75) is 6.04 Å². The minimum absolute atomic E-state index is 0.0926. The lowest BCUT2D eigenvalue weighted by atomic mass is 10.00. The van der Waals surface area contributed by atoms with Crippen molar-refractivity contribution in [1.82, 2.24) is 10.3 Å². The van der Waals surface area contributed by atoms with Gasteiger partial charge in [-0.3, -0.25) is 9.78 Å². The molecule has 2 aromatic heterocycles. The number of carbonyl (C=O) groups excluding carboxylic acids is 1. The molecule has 29 heavy (non-hydrogen) atoms. The van der Waals surface area contributed by atoms with E-state index in [1.54, 1.807) is 24.3 Å². The van der Waals surface area contributed by atoms with Crippen molar-refractivity contribution in [3.05, 3.63) is 94.5 Å². The Morgan fingerprint density at radius 1 is 1.14 bits per heavy atom. The summed E-state index contributed by atoms with van der Waals surface area (Å²) in [5, 5.41) is 14.3. The number of aromatic hydroxyl groups is 1. The first kappa shape index (κ1) is 18.9. The number of nitrogens with zero attached hydrogens (tertiary/aromatic N) is 1. The highest BCUT2D eigenvalue weighted by atomic mass is 35.5. The van der Waals surface area contributed by atoms with Crippen molar-refractivity contribution < 1.29 is 23.1 Å². The summed E-state index contributed by atoms with van der Waals surface area (Å²) in [6.45, 7) is 0. The van der Waals surface area contributed by atoms with Crippen LogP contribution < -0.4 is 5.32 Å². The fourth-order valence-corrected chi connectivity index (χ4v) is 3.31. The van der Waals surface area contributed by atoms with E-state index in [9.17, 15) is 18.7 Å². The van der Waals surface area contributed by atoms with Crippen molar-refractivity contribution >= 4 is 28.4 Å². The molecular formula is C21H13ClF2N2O3. The average molecular weight is 415 g/mol. The first-order valence-corrected chi connectivity index (χ1v) is 8.89. The van der Waals surface area contributed by atoms with E-state index in [0.29, 0.717) is 16.2 Å². The van der Waals surface area contributed by atoms with Gasteiger partial charge in [-0.25, -0.2) is 8.78 Å². The van der Waals surface area contributed by atoms with Crippen molar-refractivity contribution in [2.75, 3.05) is 0 Å². The number of hydrogen-bond acceptors (Lipinski definition) is 4. The fourth-order valence-electron chi connectivity index (χ4n) is 3.04. The molecule has 0 bridgehead atoms. The molecule has 4 rings (SSSR count). The summed E-state index contributed by atoms with van der Waals surface area (Å²) in [7, 11) is 0. The summed E-state index contributed by atoms with van der Waals surface area (Å²) in [5.41, 5.74) is 0.408. The van der Waals surface area contributed by atoms with E-state index in [2.05, 4.69) is 10.3 Å². The van der Waals surface area contributed by atoms with Crippen LogP contribution in [0.25, 0.3) is 10.9 Å². The highest BCUT2D eigenvalue weighted by Gasteiger charge is 2.26. The van der Waals surface area contributed by atoms with E-state index in [1.165, 1.54) is 18.5 Å². The third kappa shape index (κ3) is 3.52. The Morgan fingerprint density at radius 2 is 1.97 bits per heavy atom. The second-order valence-electron chi connectivity index (χ2n) is 6.25. The van der Waals surface area contributed by atoms with Crippen LogP contribution in [0.5, 0.6) is 5.75 Å². The van der Waals surface area contributed by atoms with E-state index in [0.717, 1.165) is 18.2 Å². The van der Waals surface area contributed by atoms with Gasteiger partial charge in [0, 0.05) is 22.7 Å². The standard InChI is InChI=1S/C21H13ClF2N2O3/c22-14-10-13(20(27)19-12(14)3-1-7-25-19)18(17-4-2-8-29-17)26-21(28)11-5-6-15(23)16(24)9-11/h1-10,18,27H,(H,26,28). The lowest BCUT2D eigenvalue weighted by Gasteiger charge is -2.20. The summed E-state index contributed by atoms with van der Waals surface area (Å²) < 4.78 is 32.1. The van der Waals surface area contributed by atoms with Gasteiger partial charge in [-0.05, 0) is 48.5 Å². The number of rotatable bonds is 4. The number of halogens is 3. The van der Waals surface area contributed by atoms with Gasteiger partial charge in [0.1, 0.15) is 23.1 Å². The first-order valence-electron chi connectivity index (χ1n) is 8.51. The quantitative estimate of drug-likeness (QED) is 0.493. The van der Waals surface area contributed by atoms with Gasteiger partial charge >= 0.3 is 0 Å². The summed E-state index contributed by atoms with van der Waals surface area (Å²) in [6, 6.07) is 9.96. The largest absolute Gasteiger partial charge is 0.505 e. The van der Waals surface area contributed by atoms with Crippen LogP contribution >= 0.6 is 11.6 Å². The Bertz CT molecular complexity index is 1210. The smallest absolute Gasteiger partial charge is 0.252 e. The highest BCUT2D eigenvalue weighted by molar-refractivity contribution is 6.35. The van der Waals surface area contributed by atoms with Crippen LogP contribution in [-0.4, -0.2) is 16.0 Å². The SMILES string of the molecule is O=C(NC(c1ccco1)c1cc(Cl)c2cccnc2c1O)c1ccc(F)c(F)c1. The maximum Gasteiger partial charge on any atom is 0.252 e. The van der Waals surface area contributed by atoms with Gasteiger partial charge in [-0.2, -0.15) is 0 Å². The maximum atomic E-state index is 13.5. The Kier molecular flexibility index (Phi) is 4.90. The molecule has 0 aliphatic rings. The van der Waals surface area contributed by atoms with Crippen molar-refractivity contribution in [3.63, 3.8) is 0 Å². The Hall–Kier alpha value is -3.45. The summed E-state index contributed by atoms with van der Waals surface area (Å²) in [5.74, 6) is -2.77. The Labute approximate surface area is 168 Å². The maximum absolute atomic E-state index is 13.5. The molecule has 5 nitrogen and oxygen atoms in total. The van der Waals surface area contributed by atoms with Crippen LogP contribution in [0.4, 0.5) is 8.78 Å². The topological polar surface area (TPSA) is 75.4 Å². The van der Waals surface area contributed by atoms with Crippen LogP contribution in [0.2, 0.25) is 5.02 Å². The van der Waals surface area contributed by atoms with Crippen LogP contribution in [0.3, 0.4) is 0 Å². The number of furan rings is 1. The zero-order valence-corrected chi connectivity index (χ0v) is 15.5. The van der Waals surface area contributed by atoms with Gasteiger partial charge in [-0.15, -0.1) is 0 Å². The third-order valence-corrected chi connectivity index (χ3v) is 4.75. The van der Waals surface area contributed by atoms with Crippen molar-refractivity contribution in [1.29, 1.82) is 0 Å². The van der Waals surface area contributed by atoms with Gasteiger partial charge in [0.15, 0.2) is 11.6 Å². The number of aromatic nitrogens is 1. The molecule has 8 heteroatoms. The predicted molar refractivity (Wildman–Crippen MR) is 103 cm³/mol. The highest BCUT2D eigenvalue weighted by Crippen LogP contribution is 2.38. The van der Waals surface area contributed by atoms with Gasteiger partial charge in [0.25, 0.3) is 5.91 Å². The zero-order chi connectivity index (χ0) is 20.5. The molecule has 4 aromatic rings. The van der Waals surface area contributed by atoms with Gasteiger partial charge < -0.3 is 14.8 Å². The van der Waals surface area contributed by atoms with Crippen LogP contribution in [0.15, 0.2) is 65.4 Å². The fraction of sp³-hybridized carbons (Fsp3) is 0.0476. The number of nitrogens with one attached hydrogen (secondary N) is 1. The Balaban J connectivity index is 1.80. The van der Waals surface area contributed by atoms with Crippen LogP contribution in [0, 0.1) is 11.6 Å². The molecule has 1 amide bonds. The number of amides is 1. The molecule has 0 aliphatic heterocycles. The van der Waals surface area contributed by atoms with E-state index < -0.39 is 23.6 Å². The van der Waals surface area contributed by atoms with Crippen molar-refractivity contribution in [2.24, 2.45) is 0 Å². The minimum Gasteiger partial charge on any atom is -0.505 e. The molecule has 0 spiro atoms. The van der Waals surface area contributed by atoms with Crippen LogP contribution in [-0.2, 0) is 0 Å². The molecule has 1 atom stereocenters. The average Bonchev–Trinajstić information content (AvgIpc) is 3.25. The minimum atomic E-state index is -1.15. The van der Waals surface area contributed by atoms with E-state index >= 15 is 0 Å². The molecule has 0 radical (unpaired) electrons. The first-order chi connectivity index (χ1) is 14.0. The number of carbonyl (C=O) groups is 1. The summed E-state index contributed by atoms with van der Waals surface area (Å²) in [6.07, 6.45) is 2.91. The molecule has 2 aromatic carbocycles. The monoisotopic (exact) mass is 414 g/mol. The number of hydrogen-bond donors (Lipinski definition) is 2. The molecule has 146 valence electrons. The summed E-state index contributed by atoms with van der Waals surface area (Å²) in [4.78, 5) is 16.8. The summed E-state index contributed by atoms with van der Waals surface area (Å²) >= 11 is 6.35. The number of pyridine rings is 1. The third-order valence-electron chi connectivity index (χ3n) is 4.44. The van der Waals surface area contributed by atoms with E-state index in [4.69, 9.17) is 16.0 Å². The van der Waals surface area contributed by atoms with Gasteiger partial charge in [-0.1, -0.05) is 11.6 Å². The predicted octanol–water partition coefficient (Wildman–Crippen LogP) is 4.98. The molecule has 1 unspecified atom stereocenters. The number of fused-ring (bicyclic) bond motifs is 1. The normalized spacial score (nSPS) is 12.1. The number of benzene rings is 2. The Morgan fingerprint density at radius 3 is 2.69 bits per heavy atom. The lowest BCUT2D eigenvalue weighted by Crippen LogP contribution is -2.29. The second-order valence-corrected chi connectivity index (χ2v) is 6.65. The van der Waals surface area contributed by atoms with Gasteiger partial charge in [0.05, 0.1) is 11.3 Å².